The summed E-state index contributed by atoms with van der Waals surface area (Å²) >= 11 is 11.6. The molecule has 0 heterocycles. The molecule has 0 aliphatic carbocycles. The topological polar surface area (TPSA) is 55.1 Å². The molecule has 0 radical (unpaired) electrons. The minimum atomic E-state index is -0.265. The predicted octanol–water partition coefficient (Wildman–Crippen LogP) is 2.49. The summed E-state index contributed by atoms with van der Waals surface area (Å²) in [4.78, 5) is 11.5. The minimum Gasteiger partial charge on any atom is -0.396 e. The number of benzene rings is 1. The van der Waals surface area contributed by atoms with E-state index >= 15 is 0 Å². The highest BCUT2D eigenvalue weighted by Crippen LogP contribution is 2.28. The maximum absolute atomic E-state index is 11.5. The second-order valence-electron chi connectivity index (χ2n) is 2.85. The van der Waals surface area contributed by atoms with E-state index in [0.717, 1.165) is 0 Å². The number of halogens is 2. The molecule has 0 spiro atoms. The van der Waals surface area contributed by atoms with Crippen LogP contribution in [0.4, 0.5) is 5.69 Å². The zero-order valence-electron chi connectivity index (χ0n) is 7.89. The molecule has 0 atom stereocenters. The second-order valence-corrected chi connectivity index (χ2v) is 3.67. The number of rotatable bonds is 3. The molecule has 0 unspecified atom stereocenters. The van der Waals surface area contributed by atoms with Gasteiger partial charge in [-0.05, 0) is 12.1 Å². The Bertz CT molecular complexity index is 381. The van der Waals surface area contributed by atoms with Crippen molar-refractivity contribution in [1.29, 1.82) is 0 Å². The Labute approximate surface area is 97.9 Å². The van der Waals surface area contributed by atoms with Crippen LogP contribution in [0.1, 0.15) is 10.4 Å². The lowest BCUT2D eigenvalue weighted by molar-refractivity contribution is 0.0958. The average molecular weight is 245 g/mol. The van der Waals surface area contributed by atoms with Crippen LogP contribution in [-0.4, -0.2) is 12.5 Å². The van der Waals surface area contributed by atoms with Crippen LogP contribution < -0.4 is 11.1 Å². The highest BCUT2D eigenvalue weighted by molar-refractivity contribution is 6.39. The van der Waals surface area contributed by atoms with Crippen molar-refractivity contribution in [2.45, 2.75) is 0 Å². The standard InChI is InChI=1S/C10H10Cl2N2O/c1-2-3-14-10(15)6-4-7(11)9(13)8(12)5-6/h2,4-5H,1,3,13H2,(H,14,15). The molecule has 0 fully saturated rings. The Morgan fingerprint density at radius 3 is 2.47 bits per heavy atom. The number of hydrogen-bond acceptors (Lipinski definition) is 2. The van der Waals surface area contributed by atoms with E-state index < -0.39 is 0 Å². The molecule has 0 saturated heterocycles. The van der Waals surface area contributed by atoms with Gasteiger partial charge >= 0.3 is 0 Å². The van der Waals surface area contributed by atoms with Gasteiger partial charge in [0.1, 0.15) is 0 Å². The lowest BCUT2D eigenvalue weighted by Crippen LogP contribution is -2.23. The number of carbonyl (C=O) groups excluding carboxylic acids is 1. The molecule has 0 aliphatic rings. The normalized spacial score (nSPS) is 9.73. The zero-order valence-corrected chi connectivity index (χ0v) is 9.40. The van der Waals surface area contributed by atoms with E-state index in [1.165, 1.54) is 12.1 Å². The van der Waals surface area contributed by atoms with Gasteiger partial charge in [0.2, 0.25) is 0 Å². The van der Waals surface area contributed by atoms with Gasteiger partial charge in [-0.15, -0.1) is 6.58 Å². The molecule has 0 saturated carbocycles. The number of amides is 1. The molecular formula is C10H10Cl2N2O. The Morgan fingerprint density at radius 1 is 1.47 bits per heavy atom. The van der Waals surface area contributed by atoms with Crippen LogP contribution in [0.15, 0.2) is 24.8 Å². The van der Waals surface area contributed by atoms with Crippen molar-refractivity contribution in [3.8, 4) is 0 Å². The fourth-order valence-corrected chi connectivity index (χ4v) is 1.47. The van der Waals surface area contributed by atoms with Crippen molar-refractivity contribution in [3.63, 3.8) is 0 Å². The highest BCUT2D eigenvalue weighted by atomic mass is 35.5. The molecule has 5 heteroatoms. The Kier molecular flexibility index (Phi) is 4.00. The van der Waals surface area contributed by atoms with Crippen molar-refractivity contribution in [3.05, 3.63) is 40.4 Å². The first kappa shape index (κ1) is 11.9. The zero-order chi connectivity index (χ0) is 11.4. The Morgan fingerprint density at radius 2 is 2.00 bits per heavy atom. The van der Waals surface area contributed by atoms with Crippen LogP contribution in [0.3, 0.4) is 0 Å². The summed E-state index contributed by atoms with van der Waals surface area (Å²) in [5.74, 6) is -0.265. The van der Waals surface area contributed by atoms with E-state index in [4.69, 9.17) is 28.9 Å². The summed E-state index contributed by atoms with van der Waals surface area (Å²) in [6, 6.07) is 2.95. The van der Waals surface area contributed by atoms with Crippen molar-refractivity contribution >= 4 is 34.8 Å². The maximum Gasteiger partial charge on any atom is 0.251 e. The first-order chi connectivity index (χ1) is 7.06. The molecule has 15 heavy (non-hydrogen) atoms. The monoisotopic (exact) mass is 244 g/mol. The molecule has 80 valence electrons. The number of nitrogens with one attached hydrogen (secondary N) is 1. The summed E-state index contributed by atoms with van der Waals surface area (Å²) in [5, 5.41) is 3.15. The van der Waals surface area contributed by atoms with Gasteiger partial charge in [-0.3, -0.25) is 4.79 Å². The second kappa shape index (κ2) is 5.05. The Hall–Kier alpha value is -1.19. The first-order valence-electron chi connectivity index (χ1n) is 4.20. The van der Waals surface area contributed by atoms with Gasteiger partial charge in [0.05, 0.1) is 15.7 Å². The number of nitrogen functional groups attached to an aromatic ring is 1. The van der Waals surface area contributed by atoms with Crippen LogP contribution in [0.5, 0.6) is 0 Å². The van der Waals surface area contributed by atoms with Gasteiger partial charge in [-0.1, -0.05) is 29.3 Å². The fraction of sp³-hybridized carbons (Fsp3) is 0.100. The molecule has 3 nitrogen and oxygen atoms in total. The van der Waals surface area contributed by atoms with Crippen molar-refractivity contribution in [2.24, 2.45) is 0 Å². The van der Waals surface area contributed by atoms with Crippen molar-refractivity contribution in [1.82, 2.24) is 5.32 Å². The van der Waals surface area contributed by atoms with Crippen LogP contribution in [0.2, 0.25) is 10.0 Å². The summed E-state index contributed by atoms with van der Waals surface area (Å²) in [7, 11) is 0. The molecule has 0 aliphatic heterocycles. The van der Waals surface area contributed by atoms with E-state index in [1.807, 2.05) is 0 Å². The van der Waals surface area contributed by atoms with E-state index in [0.29, 0.717) is 12.1 Å². The van der Waals surface area contributed by atoms with Gasteiger partial charge in [0.25, 0.3) is 5.91 Å². The number of nitrogens with two attached hydrogens (primary N) is 1. The molecule has 1 aromatic rings. The predicted molar refractivity (Wildman–Crippen MR) is 63.4 cm³/mol. The summed E-state index contributed by atoms with van der Waals surface area (Å²) in [6.07, 6.45) is 1.58. The smallest absolute Gasteiger partial charge is 0.251 e. The molecule has 0 aromatic heterocycles. The highest BCUT2D eigenvalue weighted by Gasteiger charge is 2.10. The first-order valence-corrected chi connectivity index (χ1v) is 4.95. The average Bonchev–Trinajstić information content (AvgIpc) is 2.21. The third-order valence-electron chi connectivity index (χ3n) is 1.75. The van der Waals surface area contributed by atoms with E-state index in [1.54, 1.807) is 6.08 Å². The minimum absolute atomic E-state index is 0.265. The lowest BCUT2D eigenvalue weighted by Gasteiger charge is -2.06. The quantitative estimate of drug-likeness (QED) is 0.634. The molecule has 3 N–H and O–H groups in total. The van der Waals surface area contributed by atoms with Crippen LogP contribution in [-0.2, 0) is 0 Å². The van der Waals surface area contributed by atoms with Crippen LogP contribution in [0.25, 0.3) is 0 Å². The van der Waals surface area contributed by atoms with Crippen LogP contribution in [0, 0.1) is 0 Å². The van der Waals surface area contributed by atoms with Crippen molar-refractivity contribution < 1.29 is 4.79 Å². The SMILES string of the molecule is C=CCNC(=O)c1cc(Cl)c(N)c(Cl)c1. The molecule has 1 amide bonds. The molecular weight excluding hydrogens is 235 g/mol. The van der Waals surface area contributed by atoms with Gasteiger partial charge in [0.15, 0.2) is 0 Å². The van der Waals surface area contributed by atoms with Crippen molar-refractivity contribution in [2.75, 3.05) is 12.3 Å². The third-order valence-corrected chi connectivity index (χ3v) is 2.37. The van der Waals surface area contributed by atoms with Gasteiger partial charge in [-0.2, -0.15) is 0 Å². The number of hydrogen-bond donors (Lipinski definition) is 2. The molecule has 1 rings (SSSR count). The number of carbonyl (C=O) groups is 1. The van der Waals surface area contributed by atoms with E-state index in [2.05, 4.69) is 11.9 Å². The molecule has 1 aromatic carbocycles. The van der Waals surface area contributed by atoms with Gasteiger partial charge in [-0.25, -0.2) is 0 Å². The lowest BCUT2D eigenvalue weighted by atomic mass is 10.2. The van der Waals surface area contributed by atoms with Crippen LogP contribution >= 0.6 is 23.2 Å². The summed E-state index contributed by atoms with van der Waals surface area (Å²) < 4.78 is 0. The summed E-state index contributed by atoms with van der Waals surface area (Å²) in [5.41, 5.74) is 6.19. The van der Waals surface area contributed by atoms with E-state index in [-0.39, 0.29) is 21.6 Å². The fourth-order valence-electron chi connectivity index (χ4n) is 0.982. The molecule has 0 bridgehead atoms. The summed E-state index contributed by atoms with van der Waals surface area (Å²) in [6.45, 7) is 3.88. The van der Waals surface area contributed by atoms with Gasteiger partial charge in [0, 0.05) is 12.1 Å². The maximum atomic E-state index is 11.5. The number of anilines is 1. The Balaban J connectivity index is 2.95. The van der Waals surface area contributed by atoms with E-state index in [9.17, 15) is 4.79 Å². The largest absolute Gasteiger partial charge is 0.396 e. The third kappa shape index (κ3) is 2.88. The van der Waals surface area contributed by atoms with Gasteiger partial charge < -0.3 is 11.1 Å².